The van der Waals surface area contributed by atoms with Crippen LogP contribution in [0.1, 0.15) is 22.4 Å². The third kappa shape index (κ3) is 4.52. The minimum atomic E-state index is -0.484. The molecule has 0 saturated heterocycles. The van der Waals surface area contributed by atoms with Crippen LogP contribution in [-0.2, 0) is 6.42 Å². The van der Waals surface area contributed by atoms with Gasteiger partial charge in [0, 0.05) is 6.54 Å². The van der Waals surface area contributed by atoms with Crippen LogP contribution in [0.3, 0.4) is 0 Å². The highest BCUT2D eigenvalue weighted by atomic mass is 16.6. The van der Waals surface area contributed by atoms with E-state index in [1.54, 1.807) is 18.0 Å². The number of amides is 1. The number of nitrogens with zero attached hydrogens (tertiary/aromatic N) is 2. The Bertz CT molecular complexity index is 962. The van der Waals surface area contributed by atoms with Gasteiger partial charge in [0.2, 0.25) is 0 Å². The summed E-state index contributed by atoms with van der Waals surface area (Å²) in [5, 5.41) is 7.11. The van der Waals surface area contributed by atoms with E-state index in [4.69, 9.17) is 9.47 Å². The second kappa shape index (κ2) is 8.61. The number of aryl methyl sites for hydroxylation is 2. The van der Waals surface area contributed by atoms with Gasteiger partial charge >= 0.3 is 6.09 Å². The molecule has 0 radical (unpaired) electrons. The number of benzene rings is 2. The maximum atomic E-state index is 12.1. The lowest BCUT2D eigenvalue weighted by Gasteiger charge is -2.09. The topological polar surface area (TPSA) is 65.4 Å². The molecule has 3 rings (SSSR count). The molecular formula is C22H25N3O3. The van der Waals surface area contributed by atoms with Gasteiger partial charge in [-0.1, -0.05) is 23.8 Å². The number of rotatable bonds is 6. The Kier molecular flexibility index (Phi) is 5.99. The van der Waals surface area contributed by atoms with E-state index in [0.717, 1.165) is 23.6 Å². The number of hydrogen-bond donors (Lipinski definition) is 1. The molecule has 0 saturated carbocycles. The number of hydrogen-bond acceptors (Lipinski definition) is 4. The first-order valence-corrected chi connectivity index (χ1v) is 9.19. The minimum Gasteiger partial charge on any atom is -0.497 e. The molecule has 0 aliphatic rings. The SMILES string of the molecule is COc1ccc(-n2ncc(OC(=O)NCCc3ccc(C)cc3C)c2C)cc1. The summed E-state index contributed by atoms with van der Waals surface area (Å²) in [6.45, 7) is 6.52. The molecule has 1 heterocycles. The zero-order valence-corrected chi connectivity index (χ0v) is 16.7. The molecule has 6 nitrogen and oxygen atoms in total. The lowest BCUT2D eigenvalue weighted by Crippen LogP contribution is -2.29. The number of methoxy groups -OCH3 is 1. The second-order valence-corrected chi connectivity index (χ2v) is 6.70. The van der Waals surface area contributed by atoms with Gasteiger partial charge in [0.1, 0.15) is 5.75 Å². The number of ether oxygens (including phenoxy) is 2. The maximum absolute atomic E-state index is 12.1. The number of aromatic nitrogens is 2. The maximum Gasteiger partial charge on any atom is 0.412 e. The van der Waals surface area contributed by atoms with Crippen molar-refractivity contribution in [1.82, 2.24) is 15.1 Å². The van der Waals surface area contributed by atoms with Gasteiger partial charge < -0.3 is 14.8 Å². The van der Waals surface area contributed by atoms with Crippen molar-refractivity contribution >= 4 is 6.09 Å². The van der Waals surface area contributed by atoms with Gasteiger partial charge in [0.25, 0.3) is 0 Å². The summed E-state index contributed by atoms with van der Waals surface area (Å²) in [6.07, 6.45) is 1.82. The van der Waals surface area contributed by atoms with E-state index in [1.165, 1.54) is 16.7 Å². The van der Waals surface area contributed by atoms with Crippen molar-refractivity contribution in [3.05, 3.63) is 71.0 Å². The van der Waals surface area contributed by atoms with Gasteiger partial charge in [0.15, 0.2) is 5.75 Å². The summed E-state index contributed by atoms with van der Waals surface area (Å²) < 4.78 is 12.3. The zero-order valence-electron chi connectivity index (χ0n) is 16.7. The molecule has 1 amide bonds. The standard InChI is InChI=1S/C22H25N3O3/c1-15-5-6-18(16(2)13-15)11-12-23-22(26)28-21-14-24-25(17(21)3)19-7-9-20(27-4)10-8-19/h5-10,13-14H,11-12H2,1-4H3,(H,23,26). The molecule has 3 aromatic rings. The summed E-state index contributed by atoms with van der Waals surface area (Å²) in [7, 11) is 1.62. The van der Waals surface area contributed by atoms with Crippen molar-refractivity contribution in [2.24, 2.45) is 0 Å². The van der Waals surface area contributed by atoms with Crippen molar-refractivity contribution < 1.29 is 14.3 Å². The number of carbonyl (C=O) groups is 1. The fraction of sp³-hybridized carbons (Fsp3) is 0.273. The van der Waals surface area contributed by atoms with E-state index in [2.05, 4.69) is 42.5 Å². The Balaban J connectivity index is 1.57. The monoisotopic (exact) mass is 379 g/mol. The van der Waals surface area contributed by atoms with Gasteiger partial charge in [0.05, 0.1) is 24.7 Å². The second-order valence-electron chi connectivity index (χ2n) is 6.70. The molecule has 0 spiro atoms. The zero-order chi connectivity index (χ0) is 20.1. The van der Waals surface area contributed by atoms with Crippen LogP contribution in [0.4, 0.5) is 4.79 Å². The lowest BCUT2D eigenvalue weighted by molar-refractivity contribution is 0.200. The molecule has 1 N–H and O–H groups in total. The summed E-state index contributed by atoms with van der Waals surface area (Å²) in [5.74, 6) is 1.20. The fourth-order valence-electron chi connectivity index (χ4n) is 3.04. The van der Waals surface area contributed by atoms with Crippen molar-refractivity contribution in [2.75, 3.05) is 13.7 Å². The minimum absolute atomic E-state index is 0.430. The molecule has 146 valence electrons. The van der Waals surface area contributed by atoms with Gasteiger partial charge in [-0.25, -0.2) is 9.48 Å². The Morgan fingerprint density at radius 1 is 1.11 bits per heavy atom. The highest BCUT2D eigenvalue weighted by Gasteiger charge is 2.13. The van der Waals surface area contributed by atoms with Crippen LogP contribution >= 0.6 is 0 Å². The van der Waals surface area contributed by atoms with Crippen LogP contribution < -0.4 is 14.8 Å². The van der Waals surface area contributed by atoms with Crippen LogP contribution in [0.25, 0.3) is 5.69 Å². The number of carbonyl (C=O) groups excluding carboxylic acids is 1. The van der Waals surface area contributed by atoms with Crippen molar-refractivity contribution in [3.63, 3.8) is 0 Å². The fourth-order valence-corrected chi connectivity index (χ4v) is 3.04. The Hall–Kier alpha value is -3.28. The highest BCUT2D eigenvalue weighted by molar-refractivity contribution is 5.70. The summed E-state index contributed by atoms with van der Waals surface area (Å²) in [5.41, 5.74) is 5.29. The molecule has 28 heavy (non-hydrogen) atoms. The highest BCUT2D eigenvalue weighted by Crippen LogP contribution is 2.22. The normalized spacial score (nSPS) is 10.6. The largest absolute Gasteiger partial charge is 0.497 e. The molecule has 0 fully saturated rings. The van der Waals surface area contributed by atoms with Gasteiger partial charge in [-0.3, -0.25) is 0 Å². The molecule has 2 aromatic carbocycles. The summed E-state index contributed by atoms with van der Waals surface area (Å²) in [6, 6.07) is 13.8. The van der Waals surface area contributed by atoms with Crippen molar-refractivity contribution in [1.29, 1.82) is 0 Å². The molecule has 0 atom stereocenters. The van der Waals surface area contributed by atoms with Crippen molar-refractivity contribution in [2.45, 2.75) is 27.2 Å². The van der Waals surface area contributed by atoms with E-state index in [0.29, 0.717) is 12.3 Å². The van der Waals surface area contributed by atoms with Crippen LogP contribution in [0.2, 0.25) is 0 Å². The molecule has 6 heteroatoms. The Labute approximate surface area is 165 Å². The quantitative estimate of drug-likeness (QED) is 0.699. The first-order chi connectivity index (χ1) is 13.5. The molecule has 0 unspecified atom stereocenters. The van der Waals surface area contributed by atoms with Gasteiger partial charge in [-0.15, -0.1) is 0 Å². The van der Waals surface area contributed by atoms with Crippen LogP contribution in [-0.4, -0.2) is 29.5 Å². The Morgan fingerprint density at radius 3 is 2.54 bits per heavy atom. The first-order valence-electron chi connectivity index (χ1n) is 9.19. The van der Waals surface area contributed by atoms with Crippen LogP contribution in [0.15, 0.2) is 48.7 Å². The Morgan fingerprint density at radius 2 is 1.86 bits per heavy atom. The van der Waals surface area contributed by atoms with E-state index in [9.17, 15) is 4.79 Å². The molecular weight excluding hydrogens is 354 g/mol. The molecule has 1 aromatic heterocycles. The van der Waals surface area contributed by atoms with Crippen LogP contribution in [0, 0.1) is 20.8 Å². The van der Waals surface area contributed by atoms with Crippen LogP contribution in [0.5, 0.6) is 11.5 Å². The molecule has 0 aliphatic carbocycles. The van der Waals surface area contributed by atoms with E-state index < -0.39 is 6.09 Å². The smallest absolute Gasteiger partial charge is 0.412 e. The average Bonchev–Trinajstić information content (AvgIpc) is 3.04. The van der Waals surface area contributed by atoms with Gasteiger partial charge in [-0.2, -0.15) is 5.10 Å². The third-order valence-electron chi connectivity index (χ3n) is 4.65. The summed E-state index contributed by atoms with van der Waals surface area (Å²) in [4.78, 5) is 12.1. The number of nitrogens with one attached hydrogen (secondary N) is 1. The van der Waals surface area contributed by atoms with Gasteiger partial charge in [-0.05, 0) is 62.6 Å². The third-order valence-corrected chi connectivity index (χ3v) is 4.65. The average molecular weight is 379 g/mol. The predicted octanol–water partition coefficient (Wildman–Crippen LogP) is 4.14. The lowest BCUT2D eigenvalue weighted by atomic mass is 10.0. The summed E-state index contributed by atoms with van der Waals surface area (Å²) >= 11 is 0. The van der Waals surface area contributed by atoms with E-state index in [-0.39, 0.29) is 0 Å². The molecule has 0 aliphatic heterocycles. The molecule has 0 bridgehead atoms. The van der Waals surface area contributed by atoms with E-state index >= 15 is 0 Å². The van der Waals surface area contributed by atoms with E-state index in [1.807, 2.05) is 31.2 Å². The predicted molar refractivity (Wildman–Crippen MR) is 108 cm³/mol. The first kappa shape index (κ1) is 19.5. The van der Waals surface area contributed by atoms with Crippen molar-refractivity contribution in [3.8, 4) is 17.2 Å².